The lowest BCUT2D eigenvalue weighted by Gasteiger charge is -2.20. The second-order valence-electron chi connectivity index (χ2n) is 7.34. The van der Waals surface area contributed by atoms with Crippen LogP contribution in [0.4, 0.5) is 10.8 Å². The highest BCUT2D eigenvalue weighted by Gasteiger charge is 2.23. The number of thiazole rings is 1. The van der Waals surface area contributed by atoms with Gasteiger partial charge in [-0.25, -0.2) is 13.4 Å². The number of rotatable bonds is 6. The number of carbonyl (C=O) groups is 1. The quantitative estimate of drug-likeness (QED) is 0.380. The fraction of sp³-hybridized carbons (Fsp3) is 0.0800. The zero-order chi connectivity index (χ0) is 23.4. The molecule has 0 aliphatic heterocycles. The topological polar surface area (TPSA) is 91.1 Å². The van der Waals surface area contributed by atoms with Crippen molar-refractivity contribution in [3.8, 4) is 6.07 Å². The van der Waals surface area contributed by atoms with Crippen molar-refractivity contribution in [3.63, 3.8) is 0 Å². The summed E-state index contributed by atoms with van der Waals surface area (Å²) in [6, 6.07) is 23.6. The molecular weight excluding hydrogens is 454 g/mol. The number of hydrogen-bond donors (Lipinski definition) is 0. The van der Waals surface area contributed by atoms with Crippen molar-refractivity contribution >= 4 is 37.9 Å². The van der Waals surface area contributed by atoms with Crippen molar-refractivity contribution in [2.75, 3.05) is 4.90 Å². The summed E-state index contributed by atoms with van der Waals surface area (Å²) in [6.45, 7) is 1.84. The second kappa shape index (κ2) is 9.36. The van der Waals surface area contributed by atoms with Gasteiger partial charge >= 0.3 is 0 Å². The molecule has 0 bridgehead atoms. The molecule has 0 radical (unpaired) electrons. The molecule has 1 aromatic heterocycles. The zero-order valence-corrected chi connectivity index (χ0v) is 19.3. The van der Waals surface area contributed by atoms with E-state index in [1.165, 1.54) is 16.2 Å². The van der Waals surface area contributed by atoms with E-state index in [2.05, 4.69) is 11.1 Å². The van der Waals surface area contributed by atoms with Crippen LogP contribution in [0.5, 0.6) is 0 Å². The van der Waals surface area contributed by atoms with E-state index in [1.54, 1.807) is 78.9 Å². The smallest absolute Gasteiger partial charge is 0.264 e. The number of carbonyl (C=O) groups excluding carboxylic acids is 1. The summed E-state index contributed by atoms with van der Waals surface area (Å²) >= 11 is 1.33. The van der Waals surface area contributed by atoms with Crippen LogP contribution >= 0.6 is 11.3 Å². The molecule has 0 unspecified atom stereocenters. The van der Waals surface area contributed by atoms with Crippen LogP contribution in [0.3, 0.4) is 0 Å². The van der Waals surface area contributed by atoms with Gasteiger partial charge in [-0.2, -0.15) is 5.26 Å². The number of sulfone groups is 1. The van der Waals surface area contributed by atoms with Gasteiger partial charge in [-0.05, 0) is 61.0 Å². The van der Waals surface area contributed by atoms with E-state index in [0.29, 0.717) is 27.5 Å². The molecule has 4 aromatic rings. The first-order valence-electron chi connectivity index (χ1n) is 10.0. The lowest BCUT2D eigenvalue weighted by atomic mass is 10.1. The van der Waals surface area contributed by atoms with Gasteiger partial charge in [0.1, 0.15) is 0 Å². The Morgan fingerprint density at radius 3 is 2.39 bits per heavy atom. The third-order valence-corrected chi connectivity index (χ3v) is 7.54. The number of nitriles is 1. The average Bonchev–Trinajstić information content (AvgIpc) is 3.25. The minimum Gasteiger partial charge on any atom is -0.268 e. The number of aromatic nitrogens is 1. The molecule has 8 heteroatoms. The van der Waals surface area contributed by atoms with Crippen LogP contribution in [0.2, 0.25) is 0 Å². The summed E-state index contributed by atoms with van der Waals surface area (Å²) in [5, 5.41) is 11.4. The van der Waals surface area contributed by atoms with E-state index in [1.807, 2.05) is 12.3 Å². The molecule has 0 fully saturated rings. The van der Waals surface area contributed by atoms with Gasteiger partial charge in [0, 0.05) is 10.9 Å². The summed E-state index contributed by atoms with van der Waals surface area (Å²) in [6.07, 6.45) is 0. The number of anilines is 2. The molecule has 0 atom stereocenters. The van der Waals surface area contributed by atoms with Gasteiger partial charge in [0.15, 0.2) is 15.0 Å². The molecule has 1 heterocycles. The van der Waals surface area contributed by atoms with Crippen LogP contribution in [0, 0.1) is 18.3 Å². The van der Waals surface area contributed by atoms with Gasteiger partial charge < -0.3 is 0 Å². The van der Waals surface area contributed by atoms with E-state index in [9.17, 15) is 13.2 Å². The van der Waals surface area contributed by atoms with Gasteiger partial charge in [-0.3, -0.25) is 9.69 Å². The number of hydrogen-bond acceptors (Lipinski definition) is 6. The van der Waals surface area contributed by atoms with E-state index in [0.717, 1.165) is 5.69 Å². The van der Waals surface area contributed by atoms with E-state index >= 15 is 0 Å². The molecule has 0 saturated carbocycles. The maximum Gasteiger partial charge on any atom is 0.264 e. The summed E-state index contributed by atoms with van der Waals surface area (Å²) in [7, 11) is -3.55. The Balaban J connectivity index is 1.69. The minimum atomic E-state index is -3.55. The molecule has 0 saturated heterocycles. The fourth-order valence-corrected chi connectivity index (χ4v) is 5.47. The lowest BCUT2D eigenvalue weighted by Crippen LogP contribution is -2.26. The maximum absolute atomic E-state index is 13.6. The zero-order valence-electron chi connectivity index (χ0n) is 17.7. The van der Waals surface area contributed by atoms with Crippen molar-refractivity contribution in [2.45, 2.75) is 17.6 Å². The third kappa shape index (κ3) is 5.00. The van der Waals surface area contributed by atoms with Crippen LogP contribution in [0.15, 0.2) is 89.1 Å². The van der Waals surface area contributed by atoms with Crippen LogP contribution in [0.1, 0.15) is 27.2 Å². The number of benzene rings is 3. The summed E-state index contributed by atoms with van der Waals surface area (Å²) < 4.78 is 25.6. The predicted molar refractivity (Wildman–Crippen MR) is 128 cm³/mol. The molecule has 0 N–H and O–H groups in total. The van der Waals surface area contributed by atoms with Crippen molar-refractivity contribution in [2.24, 2.45) is 0 Å². The van der Waals surface area contributed by atoms with E-state index in [-0.39, 0.29) is 16.6 Å². The predicted octanol–water partition coefficient (Wildman–Crippen LogP) is 5.28. The Hall–Kier alpha value is -3.80. The SMILES string of the molecule is Cc1csc(N(C(=O)c2cccc(CS(=O)(=O)c3ccccc3)c2)c2ccc(C#N)cc2)n1. The van der Waals surface area contributed by atoms with Crippen molar-refractivity contribution in [3.05, 3.63) is 107 Å². The van der Waals surface area contributed by atoms with Gasteiger partial charge in [-0.1, -0.05) is 30.3 Å². The number of amides is 1. The van der Waals surface area contributed by atoms with Crippen LogP contribution in [-0.4, -0.2) is 19.3 Å². The summed E-state index contributed by atoms with van der Waals surface area (Å²) in [5.41, 5.74) is 2.68. The standard InChI is InChI=1S/C25H19N3O3S2/c1-18-16-32-25(27-18)28(22-12-10-19(15-26)11-13-22)24(29)21-7-5-6-20(14-21)17-33(30,31)23-8-3-2-4-9-23/h2-14,16H,17H2,1H3. The largest absolute Gasteiger partial charge is 0.268 e. The van der Waals surface area contributed by atoms with Crippen molar-refractivity contribution < 1.29 is 13.2 Å². The summed E-state index contributed by atoms with van der Waals surface area (Å²) in [4.78, 5) is 19.7. The van der Waals surface area contributed by atoms with Crippen LogP contribution < -0.4 is 4.90 Å². The van der Waals surface area contributed by atoms with E-state index < -0.39 is 9.84 Å². The third-order valence-electron chi connectivity index (χ3n) is 4.89. The van der Waals surface area contributed by atoms with Gasteiger partial charge in [0.2, 0.25) is 0 Å². The Bertz CT molecular complexity index is 1440. The average molecular weight is 474 g/mol. The number of nitrogens with zero attached hydrogens (tertiary/aromatic N) is 3. The highest BCUT2D eigenvalue weighted by atomic mass is 32.2. The van der Waals surface area contributed by atoms with E-state index in [4.69, 9.17) is 5.26 Å². The van der Waals surface area contributed by atoms with Gasteiger partial charge in [0.05, 0.1) is 33.7 Å². The molecule has 0 spiro atoms. The molecule has 164 valence electrons. The monoisotopic (exact) mass is 473 g/mol. The molecule has 6 nitrogen and oxygen atoms in total. The van der Waals surface area contributed by atoms with Crippen molar-refractivity contribution in [1.29, 1.82) is 5.26 Å². The highest BCUT2D eigenvalue weighted by molar-refractivity contribution is 7.90. The normalized spacial score (nSPS) is 11.0. The Morgan fingerprint density at radius 2 is 1.76 bits per heavy atom. The molecule has 1 amide bonds. The first kappa shape index (κ1) is 22.4. The fourth-order valence-electron chi connectivity index (χ4n) is 3.30. The molecule has 33 heavy (non-hydrogen) atoms. The molecule has 3 aromatic carbocycles. The molecule has 4 rings (SSSR count). The van der Waals surface area contributed by atoms with Gasteiger partial charge in [0.25, 0.3) is 5.91 Å². The molecule has 0 aliphatic carbocycles. The Morgan fingerprint density at radius 1 is 1.03 bits per heavy atom. The molecule has 0 aliphatic rings. The Kier molecular flexibility index (Phi) is 6.36. The minimum absolute atomic E-state index is 0.217. The first-order valence-corrected chi connectivity index (χ1v) is 12.5. The van der Waals surface area contributed by atoms with Crippen molar-refractivity contribution in [1.82, 2.24) is 4.98 Å². The Labute approximate surface area is 196 Å². The van der Waals surface area contributed by atoms with Crippen LogP contribution in [-0.2, 0) is 15.6 Å². The van der Waals surface area contributed by atoms with Crippen LogP contribution in [0.25, 0.3) is 0 Å². The first-order chi connectivity index (χ1) is 15.9. The molecular formula is C25H19N3O3S2. The summed E-state index contributed by atoms with van der Waals surface area (Å²) in [5.74, 6) is -0.557. The maximum atomic E-state index is 13.6. The highest BCUT2D eigenvalue weighted by Crippen LogP contribution is 2.31. The number of aryl methyl sites for hydroxylation is 1. The second-order valence-corrected chi connectivity index (χ2v) is 10.2. The van der Waals surface area contributed by atoms with Gasteiger partial charge in [-0.15, -0.1) is 11.3 Å². The lowest BCUT2D eigenvalue weighted by molar-refractivity contribution is 0.0999.